The van der Waals surface area contributed by atoms with Crippen molar-refractivity contribution in [1.82, 2.24) is 20.4 Å². The molecule has 0 bridgehead atoms. The standard InChI is InChI=1S/C17H16N4O4/c1-10-7-12(11(2)25-10)17(24)20-19-15(22)9-21-14-6-4-3-5-13(14)18-8-16(21)23/h3-8H,9H2,1-2H3,(H,19,22)(H,20,24). The Morgan fingerprint density at radius 2 is 1.96 bits per heavy atom. The summed E-state index contributed by atoms with van der Waals surface area (Å²) in [5.74, 6) is 0.0312. The van der Waals surface area contributed by atoms with Gasteiger partial charge < -0.3 is 4.42 Å². The average Bonchev–Trinajstić information content (AvgIpc) is 2.94. The molecule has 2 N–H and O–H groups in total. The van der Waals surface area contributed by atoms with Crippen molar-refractivity contribution >= 4 is 22.8 Å². The molecule has 0 aliphatic heterocycles. The Bertz CT molecular complexity index is 1020. The van der Waals surface area contributed by atoms with Gasteiger partial charge in [-0.1, -0.05) is 12.1 Å². The van der Waals surface area contributed by atoms with Crippen molar-refractivity contribution < 1.29 is 14.0 Å². The summed E-state index contributed by atoms with van der Waals surface area (Å²) in [5, 5.41) is 0. The molecule has 1 aromatic carbocycles. The second-order valence-corrected chi connectivity index (χ2v) is 5.50. The van der Waals surface area contributed by atoms with Crippen molar-refractivity contribution in [3.05, 3.63) is 64.0 Å². The third-order valence-electron chi connectivity index (χ3n) is 3.66. The van der Waals surface area contributed by atoms with E-state index in [4.69, 9.17) is 4.42 Å². The molecule has 25 heavy (non-hydrogen) atoms. The summed E-state index contributed by atoms with van der Waals surface area (Å²) in [7, 11) is 0. The summed E-state index contributed by atoms with van der Waals surface area (Å²) in [6, 6.07) is 8.57. The lowest BCUT2D eigenvalue weighted by atomic mass is 10.2. The molecule has 3 rings (SSSR count). The van der Waals surface area contributed by atoms with Gasteiger partial charge in [0.1, 0.15) is 18.1 Å². The first-order valence-corrected chi connectivity index (χ1v) is 7.56. The van der Waals surface area contributed by atoms with Crippen molar-refractivity contribution in [3.8, 4) is 0 Å². The van der Waals surface area contributed by atoms with E-state index in [0.717, 1.165) is 6.20 Å². The van der Waals surface area contributed by atoms with Gasteiger partial charge in [0.2, 0.25) is 0 Å². The fraction of sp³-hybridized carbons (Fsp3) is 0.176. The topological polar surface area (TPSA) is 106 Å². The highest BCUT2D eigenvalue weighted by Crippen LogP contribution is 2.13. The number of hydrogen-bond donors (Lipinski definition) is 2. The maximum atomic E-state index is 12.1. The third kappa shape index (κ3) is 3.42. The summed E-state index contributed by atoms with van der Waals surface area (Å²) in [6.45, 7) is 3.14. The molecule has 0 unspecified atom stereocenters. The number of aromatic nitrogens is 2. The van der Waals surface area contributed by atoms with Crippen LogP contribution in [0.15, 0.2) is 45.7 Å². The van der Waals surface area contributed by atoms with E-state index < -0.39 is 17.4 Å². The van der Waals surface area contributed by atoms with Crippen LogP contribution in [0, 0.1) is 13.8 Å². The molecule has 2 aromatic heterocycles. The Kier molecular flexibility index (Phi) is 4.34. The lowest BCUT2D eigenvalue weighted by molar-refractivity contribution is -0.122. The molecule has 2 amide bonds. The van der Waals surface area contributed by atoms with E-state index in [9.17, 15) is 14.4 Å². The number of nitrogens with one attached hydrogen (secondary N) is 2. The van der Waals surface area contributed by atoms with Crippen LogP contribution in [0.2, 0.25) is 0 Å². The van der Waals surface area contributed by atoms with Crippen LogP contribution >= 0.6 is 0 Å². The van der Waals surface area contributed by atoms with Crippen LogP contribution in [0.4, 0.5) is 0 Å². The summed E-state index contributed by atoms with van der Waals surface area (Å²) in [5.41, 5.74) is 5.68. The largest absolute Gasteiger partial charge is 0.466 e. The average molecular weight is 340 g/mol. The van der Waals surface area contributed by atoms with Gasteiger partial charge in [0.25, 0.3) is 17.4 Å². The number of carbonyl (C=O) groups is 2. The van der Waals surface area contributed by atoms with Crippen LogP contribution in [0.1, 0.15) is 21.9 Å². The second kappa shape index (κ2) is 6.60. The predicted molar refractivity (Wildman–Crippen MR) is 89.8 cm³/mol. The maximum absolute atomic E-state index is 12.1. The van der Waals surface area contributed by atoms with E-state index in [0.29, 0.717) is 28.1 Å². The van der Waals surface area contributed by atoms with Gasteiger partial charge in [-0.15, -0.1) is 0 Å². The van der Waals surface area contributed by atoms with Gasteiger partial charge in [0.05, 0.1) is 22.8 Å². The van der Waals surface area contributed by atoms with E-state index in [1.54, 1.807) is 44.2 Å². The highest BCUT2D eigenvalue weighted by molar-refractivity contribution is 5.96. The monoisotopic (exact) mass is 340 g/mol. The number of carbonyl (C=O) groups excluding carboxylic acids is 2. The van der Waals surface area contributed by atoms with Crippen molar-refractivity contribution in [2.45, 2.75) is 20.4 Å². The van der Waals surface area contributed by atoms with E-state index in [1.807, 2.05) is 0 Å². The number of furan rings is 1. The number of aryl methyl sites for hydroxylation is 2. The van der Waals surface area contributed by atoms with Gasteiger partial charge in [0, 0.05) is 0 Å². The number of fused-ring (bicyclic) bond motifs is 1. The molecule has 0 radical (unpaired) electrons. The molecule has 0 saturated heterocycles. The molecule has 8 heteroatoms. The SMILES string of the molecule is Cc1cc(C(=O)NNC(=O)Cn2c(=O)cnc3ccccc32)c(C)o1. The quantitative estimate of drug-likeness (QED) is 0.694. The molecule has 2 heterocycles. The van der Waals surface area contributed by atoms with E-state index in [2.05, 4.69) is 15.8 Å². The number of para-hydroxylation sites is 2. The molecule has 3 aromatic rings. The molecule has 0 aliphatic rings. The van der Waals surface area contributed by atoms with E-state index in [1.165, 1.54) is 4.57 Å². The number of hydrazine groups is 1. The van der Waals surface area contributed by atoms with Crippen LogP contribution in [-0.4, -0.2) is 21.4 Å². The Morgan fingerprint density at radius 1 is 1.20 bits per heavy atom. The van der Waals surface area contributed by atoms with Crippen LogP contribution in [0.5, 0.6) is 0 Å². The molecule has 0 aliphatic carbocycles. The number of rotatable bonds is 3. The third-order valence-corrected chi connectivity index (χ3v) is 3.66. The van der Waals surface area contributed by atoms with E-state index >= 15 is 0 Å². The highest BCUT2D eigenvalue weighted by atomic mass is 16.3. The van der Waals surface area contributed by atoms with Gasteiger partial charge in [0.15, 0.2) is 0 Å². The van der Waals surface area contributed by atoms with Gasteiger partial charge in [-0.05, 0) is 32.0 Å². The minimum Gasteiger partial charge on any atom is -0.466 e. The van der Waals surface area contributed by atoms with Gasteiger partial charge in [-0.2, -0.15) is 0 Å². The van der Waals surface area contributed by atoms with Crippen LogP contribution < -0.4 is 16.4 Å². The minimum atomic E-state index is -0.537. The van der Waals surface area contributed by atoms with Crippen molar-refractivity contribution in [2.75, 3.05) is 0 Å². The maximum Gasteiger partial charge on any atom is 0.273 e. The summed E-state index contributed by atoms with van der Waals surface area (Å²) in [4.78, 5) is 40.2. The summed E-state index contributed by atoms with van der Waals surface area (Å²) in [6.07, 6.45) is 1.16. The lowest BCUT2D eigenvalue weighted by Crippen LogP contribution is -2.44. The molecular formula is C17H16N4O4. The zero-order valence-corrected chi connectivity index (χ0v) is 13.7. The number of hydrogen-bond acceptors (Lipinski definition) is 5. The Morgan fingerprint density at radius 3 is 2.68 bits per heavy atom. The zero-order valence-electron chi connectivity index (χ0n) is 13.7. The minimum absolute atomic E-state index is 0.245. The first kappa shape index (κ1) is 16.4. The van der Waals surface area contributed by atoms with Crippen molar-refractivity contribution in [3.63, 3.8) is 0 Å². The predicted octanol–water partition coefficient (Wildman–Crippen LogP) is 1.07. The normalized spacial score (nSPS) is 10.6. The molecule has 0 fully saturated rings. The second-order valence-electron chi connectivity index (χ2n) is 5.50. The number of benzene rings is 1. The smallest absolute Gasteiger partial charge is 0.273 e. The Balaban J connectivity index is 1.71. The van der Waals surface area contributed by atoms with Crippen LogP contribution in [-0.2, 0) is 11.3 Å². The molecule has 0 atom stereocenters. The van der Waals surface area contributed by atoms with Crippen molar-refractivity contribution in [2.24, 2.45) is 0 Å². The Labute approximate surface area is 142 Å². The van der Waals surface area contributed by atoms with E-state index in [-0.39, 0.29) is 6.54 Å². The molecule has 8 nitrogen and oxygen atoms in total. The Hall–Kier alpha value is -3.42. The van der Waals surface area contributed by atoms with Crippen LogP contribution in [0.3, 0.4) is 0 Å². The van der Waals surface area contributed by atoms with Gasteiger partial charge in [-0.3, -0.25) is 29.8 Å². The molecule has 0 saturated carbocycles. The fourth-order valence-corrected chi connectivity index (χ4v) is 2.51. The lowest BCUT2D eigenvalue weighted by Gasteiger charge is -2.10. The number of amides is 2. The number of nitrogens with zero attached hydrogens (tertiary/aromatic N) is 2. The summed E-state index contributed by atoms with van der Waals surface area (Å²) >= 11 is 0. The summed E-state index contributed by atoms with van der Waals surface area (Å²) < 4.78 is 6.56. The molecule has 0 spiro atoms. The first-order valence-electron chi connectivity index (χ1n) is 7.56. The fourth-order valence-electron chi connectivity index (χ4n) is 2.51. The van der Waals surface area contributed by atoms with Gasteiger partial charge in [-0.25, -0.2) is 4.98 Å². The molecule has 128 valence electrons. The van der Waals surface area contributed by atoms with Crippen LogP contribution in [0.25, 0.3) is 11.0 Å². The highest BCUT2D eigenvalue weighted by Gasteiger charge is 2.15. The zero-order chi connectivity index (χ0) is 18.0. The molecular weight excluding hydrogens is 324 g/mol. The van der Waals surface area contributed by atoms with Gasteiger partial charge >= 0.3 is 0 Å². The van der Waals surface area contributed by atoms with Crippen molar-refractivity contribution in [1.29, 1.82) is 0 Å². The first-order chi connectivity index (χ1) is 12.0.